The number of aliphatic hydroxyl groups excluding tert-OH is 1. The van der Waals surface area contributed by atoms with Gasteiger partial charge in [0, 0.05) is 15.8 Å². The second kappa shape index (κ2) is 9.65. The van der Waals surface area contributed by atoms with Crippen molar-refractivity contribution in [3.8, 4) is 0 Å². The first-order chi connectivity index (χ1) is 18.4. The van der Waals surface area contributed by atoms with Crippen LogP contribution in [0.4, 0.5) is 5.69 Å². The minimum atomic E-state index is -0.846. The molecule has 3 N–H and O–H groups in total. The van der Waals surface area contributed by atoms with E-state index in [0.717, 1.165) is 5.52 Å². The van der Waals surface area contributed by atoms with Crippen LogP contribution in [0.2, 0.25) is 0 Å². The number of para-hydroxylation sites is 2. The Hall–Kier alpha value is -2.96. The number of thioether (sulfide) groups is 1. The summed E-state index contributed by atoms with van der Waals surface area (Å²) in [4.78, 5) is 42.9. The second-order valence-electron chi connectivity index (χ2n) is 10.1. The van der Waals surface area contributed by atoms with Crippen molar-refractivity contribution in [1.82, 2.24) is 25.2 Å². The number of halogens is 1. The number of aromatic nitrogens is 3. The zero-order valence-corrected chi connectivity index (χ0v) is 22.9. The number of nitrogens with zero attached hydrogens (tertiary/aromatic N) is 4. The lowest BCUT2D eigenvalue weighted by molar-refractivity contribution is -0.141. The van der Waals surface area contributed by atoms with Gasteiger partial charge in [-0.2, -0.15) is 0 Å². The lowest BCUT2D eigenvalue weighted by Crippen LogP contribution is -2.56. The number of nitrogens with one attached hydrogen (secondary N) is 2. The monoisotopic (exact) mass is 598 g/mol. The highest BCUT2D eigenvalue weighted by atomic mass is 79.9. The molecule has 0 saturated carbocycles. The van der Waals surface area contributed by atoms with Gasteiger partial charge in [-0.1, -0.05) is 51.5 Å². The Morgan fingerprint density at radius 1 is 1.18 bits per heavy atom. The van der Waals surface area contributed by atoms with Crippen LogP contribution in [-0.4, -0.2) is 76.2 Å². The Morgan fingerprint density at radius 3 is 2.68 bits per heavy atom. The Morgan fingerprint density at radius 2 is 1.92 bits per heavy atom. The average molecular weight is 600 g/mol. The normalized spacial score (nSPS) is 30.4. The second-order valence-corrected chi connectivity index (χ2v) is 12.8. The highest BCUT2D eigenvalue weighted by molar-refractivity contribution is 9.09. The van der Waals surface area contributed by atoms with Gasteiger partial charge < -0.3 is 20.6 Å². The number of amides is 3. The smallest absolute Gasteiger partial charge is 0.245 e. The number of fused-ring (bicyclic) bond motifs is 2. The number of alkyl halides is 1. The summed E-state index contributed by atoms with van der Waals surface area (Å²) in [6.07, 6.45) is 0.562. The number of aliphatic hydroxyl groups is 1. The van der Waals surface area contributed by atoms with Gasteiger partial charge in [-0.05, 0) is 37.6 Å². The van der Waals surface area contributed by atoms with Crippen LogP contribution in [0.1, 0.15) is 13.3 Å². The molecule has 2 aromatic carbocycles. The summed E-state index contributed by atoms with van der Waals surface area (Å²) in [5.74, 6) is -2.12. The van der Waals surface area contributed by atoms with Crippen LogP contribution in [0, 0.1) is 11.8 Å². The third-order valence-corrected chi connectivity index (χ3v) is 11.1. The number of carbonyl (C=O) groups excluding carboxylic acids is 3. The van der Waals surface area contributed by atoms with Crippen molar-refractivity contribution in [2.45, 2.75) is 46.9 Å². The van der Waals surface area contributed by atoms with E-state index >= 15 is 0 Å². The quantitative estimate of drug-likeness (QED) is 0.355. The SMILES string of the molecule is C[C@H](CO)N1C(=O)[C@@H]2[C@H](C(=O)Nc3ccccc3)[C@H]3SC2(CC3Br)C1C(=O)NCn1nnc2ccccc21. The minimum absolute atomic E-state index is 0.0398. The molecular formula is C26H27BrN6O4S. The highest BCUT2D eigenvalue weighted by Gasteiger charge is 2.76. The number of likely N-dealkylation sites (tertiary alicyclic amines) is 1. The van der Waals surface area contributed by atoms with Crippen molar-refractivity contribution in [2.75, 3.05) is 11.9 Å². The van der Waals surface area contributed by atoms with E-state index in [4.69, 9.17) is 0 Å². The van der Waals surface area contributed by atoms with Gasteiger partial charge in [-0.3, -0.25) is 14.4 Å². The number of hydrogen-bond acceptors (Lipinski definition) is 7. The van der Waals surface area contributed by atoms with Crippen LogP contribution in [-0.2, 0) is 21.1 Å². The van der Waals surface area contributed by atoms with Crippen molar-refractivity contribution in [2.24, 2.45) is 11.8 Å². The highest BCUT2D eigenvalue weighted by Crippen LogP contribution is 2.68. The maximum atomic E-state index is 14.0. The molecule has 1 spiro atoms. The first kappa shape index (κ1) is 25.3. The van der Waals surface area contributed by atoms with Crippen molar-refractivity contribution in [1.29, 1.82) is 0 Å². The molecule has 3 fully saturated rings. The molecule has 4 heterocycles. The first-order valence-electron chi connectivity index (χ1n) is 12.5. The summed E-state index contributed by atoms with van der Waals surface area (Å²) < 4.78 is 0.800. The molecule has 3 aliphatic rings. The zero-order chi connectivity index (χ0) is 26.6. The van der Waals surface area contributed by atoms with Gasteiger partial charge in [0.15, 0.2) is 0 Å². The zero-order valence-electron chi connectivity index (χ0n) is 20.5. The van der Waals surface area contributed by atoms with E-state index in [-0.39, 0.29) is 41.1 Å². The number of hydrogen-bond donors (Lipinski definition) is 3. The van der Waals surface area contributed by atoms with Gasteiger partial charge in [-0.15, -0.1) is 16.9 Å². The molecule has 3 unspecified atom stereocenters. The molecule has 1 aromatic heterocycles. The van der Waals surface area contributed by atoms with Gasteiger partial charge in [-0.25, -0.2) is 4.68 Å². The lowest BCUT2D eigenvalue weighted by atomic mass is 9.70. The van der Waals surface area contributed by atoms with Crippen molar-refractivity contribution in [3.63, 3.8) is 0 Å². The predicted octanol–water partition coefficient (Wildman–Crippen LogP) is 1.99. The molecule has 3 saturated heterocycles. The summed E-state index contributed by atoms with van der Waals surface area (Å²) in [5.41, 5.74) is 2.15. The predicted molar refractivity (Wildman–Crippen MR) is 146 cm³/mol. The van der Waals surface area contributed by atoms with Crippen LogP contribution >= 0.6 is 27.7 Å². The molecule has 7 atom stereocenters. The van der Waals surface area contributed by atoms with Crippen LogP contribution in [0.3, 0.4) is 0 Å². The Bertz CT molecular complexity index is 1400. The maximum absolute atomic E-state index is 14.0. The van der Waals surface area contributed by atoms with Crippen LogP contribution in [0.5, 0.6) is 0 Å². The van der Waals surface area contributed by atoms with E-state index in [1.165, 1.54) is 4.90 Å². The lowest BCUT2D eigenvalue weighted by Gasteiger charge is -2.36. The van der Waals surface area contributed by atoms with Crippen molar-refractivity contribution < 1.29 is 19.5 Å². The van der Waals surface area contributed by atoms with Gasteiger partial charge in [0.05, 0.1) is 34.7 Å². The number of rotatable bonds is 7. The summed E-state index contributed by atoms with van der Waals surface area (Å²) in [7, 11) is 0. The number of anilines is 1. The van der Waals surface area contributed by atoms with Crippen LogP contribution < -0.4 is 10.6 Å². The molecule has 0 radical (unpaired) electrons. The summed E-state index contributed by atoms with van der Waals surface area (Å²) >= 11 is 5.31. The molecule has 12 heteroatoms. The van der Waals surface area contributed by atoms with Gasteiger partial charge in [0.2, 0.25) is 17.7 Å². The standard InChI is InChI=1S/C26H27BrN6O4S/c1-14(12-34)33-22(24(36)28-13-32-18-10-6-5-9-17(18)30-31-32)26-11-16(27)21(38-26)19(20(26)25(33)37)23(35)29-15-7-3-2-4-8-15/h2-10,14,16,19-22,34H,11-13H2,1H3,(H,28,36)(H,29,35)/t14-,16?,19+,20+,21+,22?,26?/m1/s1. The fraction of sp³-hybridized carbons (Fsp3) is 0.423. The summed E-state index contributed by atoms with van der Waals surface area (Å²) in [6, 6.07) is 15.2. The molecule has 10 nitrogen and oxygen atoms in total. The maximum Gasteiger partial charge on any atom is 0.245 e. The van der Waals surface area contributed by atoms with Crippen molar-refractivity contribution >= 4 is 62.1 Å². The van der Waals surface area contributed by atoms with E-state index < -0.39 is 28.7 Å². The van der Waals surface area contributed by atoms with E-state index in [9.17, 15) is 19.5 Å². The van der Waals surface area contributed by atoms with E-state index in [0.29, 0.717) is 17.6 Å². The minimum Gasteiger partial charge on any atom is -0.394 e. The molecule has 3 amide bonds. The van der Waals surface area contributed by atoms with E-state index in [2.05, 4.69) is 36.9 Å². The van der Waals surface area contributed by atoms with E-state index in [1.54, 1.807) is 35.5 Å². The number of carbonyl (C=O) groups is 3. The molecule has 0 aliphatic carbocycles. The molecule has 2 bridgehead atoms. The molecular weight excluding hydrogens is 572 g/mol. The van der Waals surface area contributed by atoms with Crippen LogP contribution in [0.15, 0.2) is 54.6 Å². The average Bonchev–Trinajstić information content (AvgIpc) is 3.64. The van der Waals surface area contributed by atoms with Gasteiger partial charge in [0.25, 0.3) is 0 Å². The molecule has 3 aliphatic heterocycles. The third kappa shape index (κ3) is 3.84. The summed E-state index contributed by atoms with van der Waals surface area (Å²) in [6.45, 7) is 1.51. The van der Waals surface area contributed by atoms with Gasteiger partial charge in [0.1, 0.15) is 18.2 Å². The van der Waals surface area contributed by atoms with E-state index in [1.807, 2.05) is 42.5 Å². The van der Waals surface area contributed by atoms with Crippen molar-refractivity contribution in [3.05, 3.63) is 54.6 Å². The fourth-order valence-corrected chi connectivity index (χ4v) is 9.86. The van der Waals surface area contributed by atoms with Crippen LogP contribution in [0.25, 0.3) is 11.0 Å². The third-order valence-electron chi connectivity index (χ3n) is 7.88. The topological polar surface area (TPSA) is 129 Å². The first-order valence-corrected chi connectivity index (χ1v) is 14.3. The molecule has 6 rings (SSSR count). The molecule has 3 aromatic rings. The van der Waals surface area contributed by atoms with Gasteiger partial charge >= 0.3 is 0 Å². The molecule has 38 heavy (non-hydrogen) atoms. The fourth-order valence-electron chi connectivity index (χ4n) is 6.26. The Kier molecular flexibility index (Phi) is 6.43. The molecule has 198 valence electrons. The number of benzene rings is 2. The Balaban J connectivity index is 1.31. The largest absolute Gasteiger partial charge is 0.394 e. The summed E-state index contributed by atoms with van der Waals surface area (Å²) in [5, 5.41) is 24.1. The Labute approximate surface area is 231 Å².